The molecule has 20 heavy (non-hydrogen) atoms. The van der Waals surface area contributed by atoms with Crippen molar-refractivity contribution >= 4 is 22.6 Å². The lowest BCUT2D eigenvalue weighted by atomic mass is 10.1. The van der Waals surface area contributed by atoms with Crippen LogP contribution in [0.25, 0.3) is 10.8 Å². The topological polar surface area (TPSA) is 58.2 Å². The smallest absolute Gasteiger partial charge is 0.251 e. The fourth-order valence-electron chi connectivity index (χ4n) is 1.87. The van der Waals surface area contributed by atoms with E-state index in [0.717, 1.165) is 10.8 Å². The molecule has 2 aromatic rings. The maximum atomic E-state index is 12.0. The van der Waals surface area contributed by atoms with Crippen LogP contribution in [-0.4, -0.2) is 24.9 Å². The van der Waals surface area contributed by atoms with Gasteiger partial charge in [0.15, 0.2) is 0 Å². The van der Waals surface area contributed by atoms with E-state index >= 15 is 0 Å². The summed E-state index contributed by atoms with van der Waals surface area (Å²) in [5, 5.41) is 7.48. The Hall–Kier alpha value is -2.62. The maximum absolute atomic E-state index is 12.0. The first-order valence-electron chi connectivity index (χ1n) is 6.38. The van der Waals surface area contributed by atoms with E-state index < -0.39 is 0 Å². The van der Waals surface area contributed by atoms with E-state index in [9.17, 15) is 9.59 Å². The molecule has 0 aromatic heterocycles. The number of nitrogens with one attached hydrogen (secondary N) is 2. The van der Waals surface area contributed by atoms with Crippen molar-refractivity contribution in [1.29, 1.82) is 0 Å². The van der Waals surface area contributed by atoms with Crippen molar-refractivity contribution in [2.75, 3.05) is 13.1 Å². The monoisotopic (exact) mass is 268 g/mol. The molecule has 0 heterocycles. The molecule has 0 aliphatic heterocycles. The predicted molar refractivity (Wildman–Crippen MR) is 79.5 cm³/mol. The summed E-state index contributed by atoms with van der Waals surface area (Å²) in [6, 6.07) is 13.4. The third kappa shape index (κ3) is 3.45. The lowest BCUT2D eigenvalue weighted by Gasteiger charge is -2.06. The summed E-state index contributed by atoms with van der Waals surface area (Å²) in [6.07, 6.45) is 1.20. The van der Waals surface area contributed by atoms with Crippen LogP contribution in [0.4, 0.5) is 0 Å². The quantitative estimate of drug-likeness (QED) is 0.642. The summed E-state index contributed by atoms with van der Waals surface area (Å²) >= 11 is 0. The number of rotatable bonds is 5. The molecule has 2 aromatic carbocycles. The molecule has 0 bridgehead atoms. The third-order valence-electron chi connectivity index (χ3n) is 2.91. The molecule has 0 saturated heterocycles. The van der Waals surface area contributed by atoms with E-state index in [1.165, 1.54) is 6.08 Å². The molecule has 0 radical (unpaired) electrons. The van der Waals surface area contributed by atoms with E-state index in [1.807, 2.05) is 36.4 Å². The largest absolute Gasteiger partial charge is 0.351 e. The number of hydrogen-bond acceptors (Lipinski definition) is 2. The summed E-state index contributed by atoms with van der Waals surface area (Å²) in [4.78, 5) is 22.9. The Labute approximate surface area is 117 Å². The van der Waals surface area contributed by atoms with Crippen LogP contribution < -0.4 is 10.6 Å². The van der Waals surface area contributed by atoms with Crippen molar-refractivity contribution in [3.8, 4) is 0 Å². The van der Waals surface area contributed by atoms with Crippen LogP contribution >= 0.6 is 0 Å². The van der Waals surface area contributed by atoms with Gasteiger partial charge < -0.3 is 10.6 Å². The van der Waals surface area contributed by atoms with Gasteiger partial charge in [0, 0.05) is 18.7 Å². The SMILES string of the molecule is C=CC(=O)NCCNC(=O)c1ccc2ccccc2c1. The Kier molecular flexibility index (Phi) is 4.50. The lowest BCUT2D eigenvalue weighted by Crippen LogP contribution is -2.33. The number of amides is 2. The highest BCUT2D eigenvalue weighted by Gasteiger charge is 2.05. The maximum Gasteiger partial charge on any atom is 0.251 e. The summed E-state index contributed by atoms with van der Waals surface area (Å²) in [5.41, 5.74) is 0.610. The zero-order valence-electron chi connectivity index (χ0n) is 11.1. The summed E-state index contributed by atoms with van der Waals surface area (Å²) in [6.45, 7) is 4.11. The van der Waals surface area contributed by atoms with Gasteiger partial charge >= 0.3 is 0 Å². The van der Waals surface area contributed by atoms with E-state index in [1.54, 1.807) is 6.07 Å². The molecule has 4 heteroatoms. The molecule has 2 amide bonds. The second-order valence-electron chi connectivity index (χ2n) is 4.31. The van der Waals surface area contributed by atoms with Crippen molar-refractivity contribution < 1.29 is 9.59 Å². The van der Waals surface area contributed by atoms with Gasteiger partial charge in [0.05, 0.1) is 0 Å². The van der Waals surface area contributed by atoms with Gasteiger partial charge in [0.2, 0.25) is 5.91 Å². The summed E-state index contributed by atoms with van der Waals surface area (Å²) in [7, 11) is 0. The number of fused-ring (bicyclic) bond motifs is 1. The Morgan fingerprint density at radius 3 is 2.45 bits per heavy atom. The van der Waals surface area contributed by atoms with Crippen LogP contribution in [0, 0.1) is 0 Å². The first-order chi connectivity index (χ1) is 9.70. The lowest BCUT2D eigenvalue weighted by molar-refractivity contribution is -0.116. The molecular formula is C16H16N2O2. The first kappa shape index (κ1) is 13.8. The van der Waals surface area contributed by atoms with Crippen LogP contribution in [0.5, 0.6) is 0 Å². The number of carbonyl (C=O) groups excluding carboxylic acids is 2. The molecule has 0 spiro atoms. The molecule has 0 aliphatic carbocycles. The van der Waals surface area contributed by atoms with Crippen LogP contribution in [0.15, 0.2) is 55.1 Å². The van der Waals surface area contributed by atoms with Gasteiger partial charge in [-0.15, -0.1) is 0 Å². The minimum absolute atomic E-state index is 0.149. The number of carbonyl (C=O) groups is 2. The Morgan fingerprint density at radius 1 is 1.00 bits per heavy atom. The standard InChI is InChI=1S/C16H16N2O2/c1-2-15(19)17-9-10-18-16(20)14-8-7-12-5-3-4-6-13(12)11-14/h2-8,11H,1,9-10H2,(H,17,19)(H,18,20). The van der Waals surface area contributed by atoms with E-state index in [4.69, 9.17) is 0 Å². The van der Waals surface area contributed by atoms with E-state index in [2.05, 4.69) is 17.2 Å². The fraction of sp³-hybridized carbons (Fsp3) is 0.125. The highest BCUT2D eigenvalue weighted by Crippen LogP contribution is 2.15. The molecule has 0 fully saturated rings. The van der Waals surface area contributed by atoms with Crippen molar-refractivity contribution in [2.24, 2.45) is 0 Å². The van der Waals surface area contributed by atoms with Crippen molar-refractivity contribution in [2.45, 2.75) is 0 Å². The van der Waals surface area contributed by atoms with Gasteiger partial charge in [-0.05, 0) is 29.0 Å². The molecule has 0 saturated carbocycles. The molecule has 0 aliphatic rings. The Balaban J connectivity index is 1.94. The molecule has 2 rings (SSSR count). The molecule has 0 atom stereocenters. The minimum Gasteiger partial charge on any atom is -0.351 e. The first-order valence-corrected chi connectivity index (χ1v) is 6.38. The zero-order chi connectivity index (χ0) is 14.4. The van der Waals surface area contributed by atoms with Gasteiger partial charge in [0.25, 0.3) is 5.91 Å². The van der Waals surface area contributed by atoms with Crippen molar-refractivity contribution in [3.63, 3.8) is 0 Å². The predicted octanol–water partition coefficient (Wildman–Crippen LogP) is 1.87. The van der Waals surface area contributed by atoms with Gasteiger partial charge in [-0.2, -0.15) is 0 Å². The summed E-state index contributed by atoms with van der Waals surface area (Å²) < 4.78 is 0. The van der Waals surface area contributed by atoms with E-state index in [0.29, 0.717) is 18.7 Å². The van der Waals surface area contributed by atoms with Crippen molar-refractivity contribution in [1.82, 2.24) is 10.6 Å². The van der Waals surface area contributed by atoms with Crippen LogP contribution in [0.2, 0.25) is 0 Å². The third-order valence-corrected chi connectivity index (χ3v) is 2.91. The molecule has 2 N–H and O–H groups in total. The minimum atomic E-state index is -0.245. The Morgan fingerprint density at radius 2 is 1.70 bits per heavy atom. The van der Waals surface area contributed by atoms with Crippen LogP contribution in [-0.2, 0) is 4.79 Å². The van der Waals surface area contributed by atoms with Gasteiger partial charge in [-0.25, -0.2) is 0 Å². The second-order valence-corrected chi connectivity index (χ2v) is 4.31. The molecule has 0 unspecified atom stereocenters. The van der Waals surface area contributed by atoms with Crippen LogP contribution in [0.3, 0.4) is 0 Å². The highest BCUT2D eigenvalue weighted by molar-refractivity contribution is 5.98. The van der Waals surface area contributed by atoms with Crippen LogP contribution in [0.1, 0.15) is 10.4 Å². The fourth-order valence-corrected chi connectivity index (χ4v) is 1.87. The normalized spacial score (nSPS) is 10.0. The van der Waals surface area contributed by atoms with Gasteiger partial charge in [-0.3, -0.25) is 9.59 Å². The molecule has 4 nitrogen and oxygen atoms in total. The molecule has 102 valence electrons. The highest BCUT2D eigenvalue weighted by atomic mass is 16.2. The average Bonchev–Trinajstić information content (AvgIpc) is 2.50. The van der Waals surface area contributed by atoms with Crippen molar-refractivity contribution in [3.05, 3.63) is 60.7 Å². The molecular weight excluding hydrogens is 252 g/mol. The Bertz CT molecular complexity index is 650. The average molecular weight is 268 g/mol. The number of benzene rings is 2. The van der Waals surface area contributed by atoms with E-state index in [-0.39, 0.29) is 11.8 Å². The van der Waals surface area contributed by atoms with Gasteiger partial charge in [-0.1, -0.05) is 36.9 Å². The van der Waals surface area contributed by atoms with Gasteiger partial charge in [0.1, 0.15) is 0 Å². The second kappa shape index (κ2) is 6.52. The summed E-state index contributed by atoms with van der Waals surface area (Å²) in [5.74, 6) is -0.395. The number of hydrogen-bond donors (Lipinski definition) is 2. The zero-order valence-corrected chi connectivity index (χ0v) is 11.1.